The number of carboxylic acid groups (broad SMARTS) is 1. The van der Waals surface area contributed by atoms with Gasteiger partial charge in [0, 0.05) is 31.9 Å². The Morgan fingerprint density at radius 2 is 2.04 bits per heavy atom. The van der Waals surface area contributed by atoms with E-state index in [1.54, 1.807) is 14.4 Å². The van der Waals surface area contributed by atoms with Crippen LogP contribution in [0.15, 0.2) is 17.1 Å². The molecule has 0 radical (unpaired) electrons. The third-order valence-electron chi connectivity index (χ3n) is 5.37. The van der Waals surface area contributed by atoms with E-state index in [4.69, 9.17) is 11.6 Å². The Bertz CT molecular complexity index is 1060. The van der Waals surface area contributed by atoms with Crippen molar-refractivity contribution >= 4 is 40.1 Å². The highest BCUT2D eigenvalue weighted by molar-refractivity contribution is 6.38. The zero-order chi connectivity index (χ0) is 20.2. The van der Waals surface area contributed by atoms with Crippen molar-refractivity contribution in [2.75, 3.05) is 31.1 Å². The average molecular weight is 408 g/mol. The Morgan fingerprint density at radius 3 is 2.61 bits per heavy atom. The van der Waals surface area contributed by atoms with Gasteiger partial charge in [-0.25, -0.2) is 9.18 Å². The first-order valence-electron chi connectivity index (χ1n) is 9.16. The van der Waals surface area contributed by atoms with Crippen LogP contribution in [-0.2, 0) is 4.79 Å². The van der Waals surface area contributed by atoms with Gasteiger partial charge < -0.3 is 19.5 Å². The van der Waals surface area contributed by atoms with Gasteiger partial charge in [-0.2, -0.15) is 0 Å². The number of piperazine rings is 1. The lowest BCUT2D eigenvalue weighted by molar-refractivity contribution is -0.130. The summed E-state index contributed by atoms with van der Waals surface area (Å²) in [5.41, 5.74) is -0.774. The Morgan fingerprint density at radius 1 is 1.32 bits per heavy atom. The Labute approximate surface area is 164 Å². The molecule has 0 unspecified atom stereocenters. The van der Waals surface area contributed by atoms with Gasteiger partial charge in [0.05, 0.1) is 28.2 Å². The summed E-state index contributed by atoms with van der Waals surface area (Å²) >= 11 is 6.57. The second kappa shape index (κ2) is 6.77. The van der Waals surface area contributed by atoms with Gasteiger partial charge in [0.15, 0.2) is 0 Å². The van der Waals surface area contributed by atoms with Crippen LogP contribution in [0.5, 0.6) is 0 Å². The first kappa shape index (κ1) is 18.7. The fourth-order valence-corrected chi connectivity index (χ4v) is 4.16. The van der Waals surface area contributed by atoms with Crippen molar-refractivity contribution < 1.29 is 19.1 Å². The minimum Gasteiger partial charge on any atom is -0.477 e. The number of likely N-dealkylation sites (N-methyl/N-ethyl adjacent to an activating group) is 1. The van der Waals surface area contributed by atoms with Crippen molar-refractivity contribution in [2.45, 2.75) is 25.8 Å². The molecule has 1 saturated heterocycles. The van der Waals surface area contributed by atoms with E-state index in [0.29, 0.717) is 25.2 Å². The summed E-state index contributed by atoms with van der Waals surface area (Å²) in [4.78, 5) is 39.6. The molecule has 1 amide bonds. The maximum absolute atomic E-state index is 15.0. The monoisotopic (exact) mass is 407 g/mol. The van der Waals surface area contributed by atoms with E-state index >= 15 is 0 Å². The van der Waals surface area contributed by atoms with E-state index in [0.717, 1.165) is 18.9 Å². The third kappa shape index (κ3) is 2.92. The normalized spacial score (nSPS) is 17.5. The van der Waals surface area contributed by atoms with E-state index in [-0.39, 0.29) is 34.6 Å². The Balaban J connectivity index is 1.92. The molecule has 28 heavy (non-hydrogen) atoms. The molecule has 1 aliphatic carbocycles. The quantitative estimate of drug-likeness (QED) is 0.842. The van der Waals surface area contributed by atoms with Crippen LogP contribution in [0.4, 0.5) is 10.1 Å². The minimum absolute atomic E-state index is 0.00312. The van der Waals surface area contributed by atoms with Gasteiger partial charge in [0.2, 0.25) is 11.3 Å². The summed E-state index contributed by atoms with van der Waals surface area (Å²) in [6.07, 6.45) is 2.94. The molecule has 7 nitrogen and oxygen atoms in total. The molecule has 1 aliphatic heterocycles. The van der Waals surface area contributed by atoms with E-state index in [2.05, 4.69) is 0 Å². The fraction of sp³-hybridized carbons (Fsp3) is 0.421. The Hall–Kier alpha value is -2.61. The number of carbonyl (C=O) groups excluding carboxylic acids is 1. The zero-order valence-corrected chi connectivity index (χ0v) is 16.0. The van der Waals surface area contributed by atoms with E-state index in [1.807, 2.05) is 6.92 Å². The van der Waals surface area contributed by atoms with E-state index < -0.39 is 22.8 Å². The van der Waals surface area contributed by atoms with Gasteiger partial charge in [0.25, 0.3) is 0 Å². The van der Waals surface area contributed by atoms with Crippen LogP contribution < -0.4 is 10.3 Å². The topological polar surface area (TPSA) is 82.8 Å². The summed E-state index contributed by atoms with van der Waals surface area (Å²) in [5, 5.41) is 9.31. The molecular weight excluding hydrogens is 389 g/mol. The number of aromatic nitrogens is 1. The molecule has 0 bridgehead atoms. The molecule has 2 aromatic rings. The first-order valence-corrected chi connectivity index (χ1v) is 9.54. The number of nitrogens with zero attached hydrogens (tertiary/aromatic N) is 3. The van der Waals surface area contributed by atoms with Gasteiger partial charge in [-0.05, 0) is 25.8 Å². The van der Waals surface area contributed by atoms with Crippen LogP contribution in [0.1, 0.15) is 36.2 Å². The van der Waals surface area contributed by atoms with Crippen molar-refractivity contribution in [3.05, 3.63) is 38.9 Å². The van der Waals surface area contributed by atoms with Crippen LogP contribution in [0.25, 0.3) is 10.9 Å². The van der Waals surface area contributed by atoms with Crippen molar-refractivity contribution in [3.8, 4) is 0 Å². The molecule has 2 fully saturated rings. The number of anilines is 1. The van der Waals surface area contributed by atoms with Crippen LogP contribution >= 0.6 is 11.6 Å². The lowest BCUT2D eigenvalue weighted by Gasteiger charge is -2.35. The molecule has 1 N–H and O–H groups in total. The molecule has 9 heteroatoms. The molecule has 0 spiro atoms. The summed E-state index contributed by atoms with van der Waals surface area (Å²) in [7, 11) is 0. The number of fused-ring (bicyclic) bond motifs is 1. The van der Waals surface area contributed by atoms with Crippen molar-refractivity contribution in [2.24, 2.45) is 0 Å². The largest absolute Gasteiger partial charge is 0.477 e. The minimum atomic E-state index is -1.36. The lowest BCUT2D eigenvalue weighted by atomic mass is 10.1. The zero-order valence-electron chi connectivity index (χ0n) is 15.2. The molecule has 1 aromatic carbocycles. The number of carboxylic acids is 1. The summed E-state index contributed by atoms with van der Waals surface area (Å²) in [5.74, 6) is -2.22. The highest BCUT2D eigenvalue weighted by atomic mass is 35.5. The number of rotatable bonds is 4. The first-order chi connectivity index (χ1) is 13.3. The molecular formula is C19H19ClFN3O4. The van der Waals surface area contributed by atoms with Gasteiger partial charge >= 0.3 is 5.97 Å². The molecule has 2 aliphatic rings. The maximum Gasteiger partial charge on any atom is 0.341 e. The molecule has 148 valence electrons. The molecule has 1 saturated carbocycles. The number of pyridine rings is 1. The summed E-state index contributed by atoms with van der Waals surface area (Å²) in [6.45, 7) is 3.33. The number of benzene rings is 1. The molecule has 4 rings (SSSR count). The second-order valence-electron chi connectivity index (χ2n) is 7.13. The average Bonchev–Trinajstić information content (AvgIpc) is 3.47. The van der Waals surface area contributed by atoms with Crippen LogP contribution in [-0.4, -0.2) is 52.6 Å². The van der Waals surface area contributed by atoms with Crippen LogP contribution in [0.3, 0.4) is 0 Å². The smallest absolute Gasteiger partial charge is 0.341 e. The van der Waals surface area contributed by atoms with Gasteiger partial charge in [-0.1, -0.05) is 11.6 Å². The number of amides is 1. The van der Waals surface area contributed by atoms with Gasteiger partial charge in [-0.3, -0.25) is 9.59 Å². The summed E-state index contributed by atoms with van der Waals surface area (Å²) < 4.78 is 16.6. The lowest BCUT2D eigenvalue weighted by Crippen LogP contribution is -2.50. The number of hydrogen-bond acceptors (Lipinski definition) is 4. The third-order valence-corrected chi connectivity index (χ3v) is 5.73. The highest BCUT2D eigenvalue weighted by Crippen LogP contribution is 2.42. The van der Waals surface area contributed by atoms with Crippen LogP contribution in [0.2, 0.25) is 5.02 Å². The maximum atomic E-state index is 15.0. The SMILES string of the molecule is CCN1CCN(c2c(F)cc3c(=O)c(C(=O)O)cn(C4CC4)c3c2Cl)CC1=O. The van der Waals surface area contributed by atoms with Gasteiger partial charge in [0.1, 0.15) is 11.4 Å². The standard InChI is InChI=1S/C19H19ClFN3O4/c1-2-22-5-6-23(9-14(22)25)17-13(21)7-11-16(15(17)20)24(10-3-4-10)8-12(18(11)26)19(27)28/h7-8,10H,2-6,9H2,1H3,(H,27,28). The molecule has 0 atom stereocenters. The number of aromatic carboxylic acids is 1. The predicted octanol–water partition coefficient (Wildman–Crippen LogP) is 2.50. The van der Waals surface area contributed by atoms with E-state index in [9.17, 15) is 23.9 Å². The van der Waals surface area contributed by atoms with Gasteiger partial charge in [-0.15, -0.1) is 0 Å². The highest BCUT2D eigenvalue weighted by Gasteiger charge is 2.32. The number of halogens is 2. The number of hydrogen-bond donors (Lipinski definition) is 1. The van der Waals surface area contributed by atoms with Crippen molar-refractivity contribution in [1.82, 2.24) is 9.47 Å². The molecule has 1 aromatic heterocycles. The van der Waals surface area contributed by atoms with Crippen molar-refractivity contribution in [3.63, 3.8) is 0 Å². The van der Waals surface area contributed by atoms with E-state index in [1.165, 1.54) is 6.20 Å². The summed E-state index contributed by atoms with van der Waals surface area (Å²) in [6, 6.07) is 1.07. The predicted molar refractivity (Wildman–Crippen MR) is 103 cm³/mol. The van der Waals surface area contributed by atoms with Crippen LogP contribution in [0, 0.1) is 5.82 Å². The second-order valence-corrected chi connectivity index (χ2v) is 7.51. The molecule has 2 heterocycles. The van der Waals surface area contributed by atoms with Crippen molar-refractivity contribution in [1.29, 1.82) is 0 Å². The Kier molecular flexibility index (Phi) is 4.53. The number of carbonyl (C=O) groups is 2. The fourth-order valence-electron chi connectivity index (χ4n) is 3.75.